The molecule has 120 valence electrons. The van der Waals surface area contributed by atoms with Gasteiger partial charge in [0.25, 0.3) is 0 Å². The zero-order valence-corrected chi connectivity index (χ0v) is 13.9. The van der Waals surface area contributed by atoms with Crippen LogP contribution in [-0.2, 0) is 16.6 Å². The number of rotatable bonds is 1. The Balaban J connectivity index is 2.22. The molecule has 2 heterocycles. The molecule has 2 N–H and O–H groups in total. The van der Waals surface area contributed by atoms with E-state index in [0.717, 1.165) is 0 Å². The van der Waals surface area contributed by atoms with Crippen molar-refractivity contribution in [2.24, 2.45) is 18.2 Å². The fourth-order valence-electron chi connectivity index (χ4n) is 3.23. The van der Waals surface area contributed by atoms with Gasteiger partial charge in [-0.15, -0.1) is 0 Å². The number of carbonyl (C=O) groups excluding carboxylic acids is 1. The second kappa shape index (κ2) is 5.14. The minimum atomic E-state index is -0.666. The molecule has 6 nitrogen and oxygen atoms in total. The number of aryl methyl sites for hydroxylation is 1. The summed E-state index contributed by atoms with van der Waals surface area (Å²) in [5.41, 5.74) is 6.81. The second-order valence-corrected chi connectivity index (χ2v) is 7.15. The molecule has 0 fully saturated rings. The molecule has 0 saturated carbocycles. The Morgan fingerprint density at radius 2 is 2.22 bits per heavy atom. The van der Waals surface area contributed by atoms with Gasteiger partial charge >= 0.3 is 0 Å². The molecule has 1 atom stereocenters. The van der Waals surface area contributed by atoms with Crippen molar-refractivity contribution in [3.63, 3.8) is 0 Å². The number of allylic oxidation sites excluding steroid dienone is 3. The van der Waals surface area contributed by atoms with Crippen molar-refractivity contribution in [3.05, 3.63) is 39.7 Å². The molecule has 1 unspecified atom stereocenters. The van der Waals surface area contributed by atoms with Crippen LogP contribution in [0.2, 0.25) is 5.02 Å². The summed E-state index contributed by atoms with van der Waals surface area (Å²) in [5.74, 6) is -0.179. The van der Waals surface area contributed by atoms with E-state index in [-0.39, 0.29) is 22.7 Å². The SMILES string of the molecule is Cn1cc(Cl)c(C2C(C#N)=C(N)OC3=C2C(=O)CC(C)(C)C3)n1. The highest BCUT2D eigenvalue weighted by Gasteiger charge is 2.44. The molecule has 3 rings (SSSR count). The third-order valence-corrected chi connectivity index (χ3v) is 4.45. The average Bonchev–Trinajstić information content (AvgIpc) is 2.74. The largest absolute Gasteiger partial charge is 0.444 e. The molecule has 7 heteroatoms. The van der Waals surface area contributed by atoms with E-state index in [1.165, 1.54) is 0 Å². The van der Waals surface area contributed by atoms with Gasteiger partial charge < -0.3 is 10.5 Å². The molecule has 0 aromatic carbocycles. The maximum Gasteiger partial charge on any atom is 0.205 e. The first-order chi connectivity index (χ1) is 10.7. The Kier molecular flexibility index (Phi) is 3.49. The maximum absolute atomic E-state index is 12.7. The van der Waals surface area contributed by atoms with Crippen LogP contribution in [0.1, 0.15) is 38.3 Å². The number of ether oxygens (including phenoxy) is 1. The standard InChI is InChI=1S/C16H17ClN4O2/c1-16(2)4-10(22)13-11(5-16)23-15(19)8(6-18)12(13)14-9(17)7-21(3)20-14/h7,12H,4-5,19H2,1-3H3. The number of nitriles is 1. The van der Waals surface area contributed by atoms with Gasteiger partial charge in [0.15, 0.2) is 5.78 Å². The fourth-order valence-corrected chi connectivity index (χ4v) is 3.52. The van der Waals surface area contributed by atoms with Gasteiger partial charge in [-0.05, 0) is 5.41 Å². The number of nitrogens with two attached hydrogens (primary N) is 1. The van der Waals surface area contributed by atoms with E-state index in [4.69, 9.17) is 22.1 Å². The van der Waals surface area contributed by atoms with Gasteiger partial charge in [-0.1, -0.05) is 25.4 Å². The van der Waals surface area contributed by atoms with Crippen molar-refractivity contribution < 1.29 is 9.53 Å². The molecule has 1 aromatic rings. The Labute approximate surface area is 139 Å². The Morgan fingerprint density at radius 1 is 1.52 bits per heavy atom. The van der Waals surface area contributed by atoms with E-state index in [1.807, 2.05) is 19.9 Å². The molecule has 0 amide bonds. The quantitative estimate of drug-likeness (QED) is 0.852. The highest BCUT2D eigenvalue weighted by atomic mass is 35.5. The zero-order chi connectivity index (χ0) is 16.9. The van der Waals surface area contributed by atoms with Crippen LogP contribution in [0.15, 0.2) is 29.0 Å². The molecule has 23 heavy (non-hydrogen) atoms. The van der Waals surface area contributed by atoms with Gasteiger partial charge in [-0.25, -0.2) is 0 Å². The van der Waals surface area contributed by atoms with Crippen molar-refractivity contribution in [2.75, 3.05) is 0 Å². The molecule has 0 bridgehead atoms. The van der Waals surface area contributed by atoms with E-state index in [2.05, 4.69) is 5.10 Å². The fraction of sp³-hybridized carbons (Fsp3) is 0.438. The molecular formula is C16H17ClN4O2. The van der Waals surface area contributed by atoms with Crippen molar-refractivity contribution in [3.8, 4) is 6.07 Å². The first-order valence-electron chi connectivity index (χ1n) is 7.26. The smallest absolute Gasteiger partial charge is 0.205 e. The van der Waals surface area contributed by atoms with Crippen LogP contribution in [0.25, 0.3) is 0 Å². The molecule has 0 spiro atoms. The van der Waals surface area contributed by atoms with Crippen LogP contribution in [0.3, 0.4) is 0 Å². The predicted octanol–water partition coefficient (Wildman–Crippen LogP) is 2.52. The molecule has 1 aliphatic carbocycles. The minimum absolute atomic E-state index is 0.0171. The normalized spacial score (nSPS) is 23.4. The van der Waals surface area contributed by atoms with E-state index in [9.17, 15) is 10.1 Å². The molecule has 0 saturated heterocycles. The molecular weight excluding hydrogens is 316 g/mol. The van der Waals surface area contributed by atoms with Gasteiger partial charge in [0.05, 0.1) is 16.6 Å². The molecule has 2 aliphatic rings. The lowest BCUT2D eigenvalue weighted by Crippen LogP contribution is -2.33. The van der Waals surface area contributed by atoms with Crippen LogP contribution in [0.5, 0.6) is 0 Å². The molecule has 0 radical (unpaired) electrons. The average molecular weight is 333 g/mol. The van der Waals surface area contributed by atoms with Gasteiger partial charge in [-0.2, -0.15) is 10.4 Å². The minimum Gasteiger partial charge on any atom is -0.444 e. The first kappa shape index (κ1) is 15.6. The Morgan fingerprint density at radius 3 is 2.78 bits per heavy atom. The van der Waals surface area contributed by atoms with Crippen LogP contribution in [-0.4, -0.2) is 15.6 Å². The number of ketones is 1. The third kappa shape index (κ3) is 2.51. The van der Waals surface area contributed by atoms with Crippen LogP contribution >= 0.6 is 11.6 Å². The number of hydrogen-bond donors (Lipinski definition) is 1. The maximum atomic E-state index is 12.7. The number of hydrogen-bond acceptors (Lipinski definition) is 5. The number of halogens is 1. The van der Waals surface area contributed by atoms with Gasteiger partial charge in [0, 0.05) is 31.7 Å². The van der Waals surface area contributed by atoms with Crippen LogP contribution < -0.4 is 5.73 Å². The summed E-state index contributed by atoms with van der Waals surface area (Å²) in [4.78, 5) is 12.7. The van der Waals surface area contributed by atoms with Crippen molar-refractivity contribution >= 4 is 17.4 Å². The van der Waals surface area contributed by atoms with E-state index >= 15 is 0 Å². The summed E-state index contributed by atoms with van der Waals surface area (Å²) in [6, 6.07) is 2.05. The monoisotopic (exact) mass is 332 g/mol. The van der Waals surface area contributed by atoms with E-state index in [1.54, 1.807) is 17.9 Å². The number of carbonyl (C=O) groups is 1. The molecule has 1 aliphatic heterocycles. The summed E-state index contributed by atoms with van der Waals surface area (Å²) in [6.45, 7) is 4.00. The third-order valence-electron chi connectivity index (χ3n) is 4.16. The lowest BCUT2D eigenvalue weighted by Gasteiger charge is -2.36. The van der Waals surface area contributed by atoms with E-state index in [0.29, 0.717) is 34.9 Å². The second-order valence-electron chi connectivity index (χ2n) is 6.74. The molecule has 1 aromatic heterocycles. The van der Waals surface area contributed by atoms with Gasteiger partial charge in [-0.3, -0.25) is 9.48 Å². The number of aromatic nitrogens is 2. The topological polar surface area (TPSA) is 93.9 Å². The van der Waals surface area contributed by atoms with Crippen LogP contribution in [0.4, 0.5) is 0 Å². The van der Waals surface area contributed by atoms with E-state index < -0.39 is 5.92 Å². The highest BCUT2D eigenvalue weighted by molar-refractivity contribution is 6.31. The summed E-state index contributed by atoms with van der Waals surface area (Å²) in [7, 11) is 1.73. The van der Waals surface area contributed by atoms with Crippen molar-refractivity contribution in [1.82, 2.24) is 9.78 Å². The summed E-state index contributed by atoms with van der Waals surface area (Å²) in [5, 5.41) is 14.2. The van der Waals surface area contributed by atoms with Crippen molar-refractivity contribution in [1.29, 1.82) is 5.26 Å². The van der Waals surface area contributed by atoms with Gasteiger partial charge in [0.1, 0.15) is 17.4 Å². The Bertz CT molecular complexity index is 811. The summed E-state index contributed by atoms with van der Waals surface area (Å²) >= 11 is 6.25. The summed E-state index contributed by atoms with van der Waals surface area (Å²) < 4.78 is 7.17. The number of Topliss-reactive ketones (excluding diaryl/α,β-unsaturated/α-hetero) is 1. The lowest BCUT2D eigenvalue weighted by atomic mass is 9.71. The van der Waals surface area contributed by atoms with Gasteiger partial charge in [0.2, 0.25) is 5.88 Å². The Hall–Kier alpha value is -2.26. The first-order valence-corrected chi connectivity index (χ1v) is 7.64. The highest BCUT2D eigenvalue weighted by Crippen LogP contribution is 2.48. The van der Waals surface area contributed by atoms with Crippen LogP contribution in [0, 0.1) is 16.7 Å². The number of nitrogens with zero attached hydrogens (tertiary/aromatic N) is 3. The van der Waals surface area contributed by atoms with Crippen molar-refractivity contribution in [2.45, 2.75) is 32.6 Å². The summed E-state index contributed by atoms with van der Waals surface area (Å²) in [6.07, 6.45) is 2.60. The predicted molar refractivity (Wildman–Crippen MR) is 83.9 cm³/mol. The lowest BCUT2D eigenvalue weighted by molar-refractivity contribution is -0.119. The zero-order valence-electron chi connectivity index (χ0n) is 13.2.